The number of hydrogen-bond acceptors (Lipinski definition) is 4. The molecule has 4 N–H and O–H groups in total. The molecule has 0 aromatic heterocycles. The van der Waals surface area contributed by atoms with Crippen molar-refractivity contribution in [1.82, 2.24) is 0 Å². The summed E-state index contributed by atoms with van der Waals surface area (Å²) in [5.74, 6) is -1.54. The van der Waals surface area contributed by atoms with Gasteiger partial charge in [0.15, 0.2) is 5.76 Å². The molecule has 0 rings (SSSR count). The van der Waals surface area contributed by atoms with E-state index in [-0.39, 0.29) is 6.42 Å². The van der Waals surface area contributed by atoms with E-state index in [0.717, 1.165) is 0 Å². The van der Waals surface area contributed by atoms with Crippen LogP contribution in [-0.2, 0) is 0 Å². The van der Waals surface area contributed by atoms with E-state index in [4.69, 9.17) is 20.4 Å². The van der Waals surface area contributed by atoms with E-state index >= 15 is 0 Å². The van der Waals surface area contributed by atoms with Gasteiger partial charge in [-0.3, -0.25) is 0 Å². The van der Waals surface area contributed by atoms with Crippen molar-refractivity contribution in [2.45, 2.75) is 32.3 Å². The second kappa shape index (κ2) is 4.85. The van der Waals surface area contributed by atoms with Crippen molar-refractivity contribution < 1.29 is 20.4 Å². The van der Waals surface area contributed by atoms with Gasteiger partial charge in [-0.2, -0.15) is 0 Å². The van der Waals surface area contributed by atoms with Crippen molar-refractivity contribution in [3.63, 3.8) is 0 Å². The minimum atomic E-state index is -1.06. The molecule has 1 unspecified atom stereocenters. The molecule has 0 bridgehead atoms. The average molecular weight is 162 g/mol. The third kappa shape index (κ3) is 4.50. The van der Waals surface area contributed by atoms with Gasteiger partial charge >= 0.3 is 5.95 Å². The number of aliphatic hydroxyl groups excluding tert-OH is 3. The van der Waals surface area contributed by atoms with Crippen LogP contribution < -0.4 is 0 Å². The monoisotopic (exact) mass is 162 g/mol. The van der Waals surface area contributed by atoms with Crippen molar-refractivity contribution in [1.29, 1.82) is 0 Å². The lowest BCUT2D eigenvalue weighted by Gasteiger charge is -2.05. The van der Waals surface area contributed by atoms with Crippen LogP contribution in [-0.4, -0.2) is 26.5 Å². The molecule has 0 saturated heterocycles. The lowest BCUT2D eigenvalue weighted by atomic mass is 10.1. The Kier molecular flexibility index (Phi) is 4.45. The van der Waals surface area contributed by atoms with Gasteiger partial charge in [-0.25, -0.2) is 0 Å². The SMILES string of the molecule is CCC(O)CCC(O)=C(O)O. The first-order chi connectivity index (χ1) is 5.07. The molecular weight excluding hydrogens is 148 g/mol. The highest BCUT2D eigenvalue weighted by atomic mass is 16.5. The van der Waals surface area contributed by atoms with Crippen LogP contribution in [0.1, 0.15) is 26.2 Å². The third-order valence-corrected chi connectivity index (χ3v) is 1.44. The van der Waals surface area contributed by atoms with Gasteiger partial charge in [-0.1, -0.05) is 6.92 Å². The minimum absolute atomic E-state index is 0.0946. The first kappa shape index (κ1) is 10.1. The van der Waals surface area contributed by atoms with E-state index < -0.39 is 17.8 Å². The molecule has 0 aliphatic heterocycles. The van der Waals surface area contributed by atoms with Crippen LogP contribution in [0.25, 0.3) is 0 Å². The molecule has 11 heavy (non-hydrogen) atoms. The fraction of sp³-hybridized carbons (Fsp3) is 0.714. The van der Waals surface area contributed by atoms with Gasteiger partial charge in [-0.15, -0.1) is 0 Å². The van der Waals surface area contributed by atoms with E-state index in [2.05, 4.69) is 0 Å². The van der Waals surface area contributed by atoms with Gasteiger partial charge < -0.3 is 20.4 Å². The van der Waals surface area contributed by atoms with Crippen molar-refractivity contribution in [3.05, 3.63) is 11.7 Å². The Hall–Kier alpha value is -0.900. The van der Waals surface area contributed by atoms with Crippen LogP contribution in [0, 0.1) is 0 Å². The highest BCUT2D eigenvalue weighted by Crippen LogP contribution is 2.08. The number of hydrogen-bond donors (Lipinski definition) is 4. The van der Waals surface area contributed by atoms with E-state index in [1.54, 1.807) is 0 Å². The summed E-state index contributed by atoms with van der Waals surface area (Å²) in [5.41, 5.74) is 0. The quantitative estimate of drug-likeness (QED) is 0.471. The molecule has 0 spiro atoms. The number of rotatable bonds is 4. The Morgan fingerprint density at radius 2 is 1.82 bits per heavy atom. The Morgan fingerprint density at radius 3 is 2.18 bits per heavy atom. The van der Waals surface area contributed by atoms with Crippen molar-refractivity contribution in [3.8, 4) is 0 Å². The van der Waals surface area contributed by atoms with Crippen molar-refractivity contribution in [2.75, 3.05) is 0 Å². The van der Waals surface area contributed by atoms with Gasteiger partial charge in [0.25, 0.3) is 0 Å². The van der Waals surface area contributed by atoms with E-state index in [9.17, 15) is 0 Å². The maximum atomic E-state index is 8.99. The van der Waals surface area contributed by atoms with E-state index in [1.165, 1.54) is 0 Å². The zero-order valence-electron chi connectivity index (χ0n) is 6.49. The molecule has 0 heterocycles. The summed E-state index contributed by atoms with van der Waals surface area (Å²) in [6.45, 7) is 1.81. The van der Waals surface area contributed by atoms with Crippen LogP contribution in [0.5, 0.6) is 0 Å². The number of allylic oxidation sites excluding steroid dienone is 1. The van der Waals surface area contributed by atoms with Crippen LogP contribution in [0.4, 0.5) is 0 Å². The zero-order valence-corrected chi connectivity index (χ0v) is 6.49. The first-order valence-electron chi connectivity index (χ1n) is 3.56. The summed E-state index contributed by atoms with van der Waals surface area (Å²) in [7, 11) is 0. The molecule has 0 aliphatic carbocycles. The summed E-state index contributed by atoms with van der Waals surface area (Å²) in [5, 5.41) is 34.4. The second-order valence-corrected chi connectivity index (χ2v) is 2.37. The highest BCUT2D eigenvalue weighted by molar-refractivity contribution is 4.89. The van der Waals surface area contributed by atoms with Crippen molar-refractivity contribution in [2.24, 2.45) is 0 Å². The second-order valence-electron chi connectivity index (χ2n) is 2.37. The number of aliphatic hydroxyl groups is 4. The summed E-state index contributed by atoms with van der Waals surface area (Å²) < 4.78 is 0. The van der Waals surface area contributed by atoms with Gasteiger partial charge in [0.05, 0.1) is 6.10 Å². The Balaban J connectivity index is 3.63. The smallest absolute Gasteiger partial charge is 0.313 e. The van der Waals surface area contributed by atoms with Gasteiger partial charge in [-0.05, 0) is 12.8 Å². The van der Waals surface area contributed by atoms with Crippen LogP contribution in [0.15, 0.2) is 11.7 Å². The summed E-state index contributed by atoms with van der Waals surface area (Å²) in [4.78, 5) is 0. The first-order valence-corrected chi connectivity index (χ1v) is 3.56. The third-order valence-electron chi connectivity index (χ3n) is 1.44. The van der Waals surface area contributed by atoms with Crippen molar-refractivity contribution >= 4 is 0 Å². The van der Waals surface area contributed by atoms with E-state index in [0.29, 0.717) is 12.8 Å². The molecule has 0 radical (unpaired) electrons. The Morgan fingerprint density at radius 1 is 1.27 bits per heavy atom. The maximum Gasteiger partial charge on any atom is 0.313 e. The summed E-state index contributed by atoms with van der Waals surface area (Å²) in [6, 6.07) is 0. The fourth-order valence-electron chi connectivity index (χ4n) is 0.619. The van der Waals surface area contributed by atoms with Crippen LogP contribution in [0.2, 0.25) is 0 Å². The Bertz CT molecular complexity index is 137. The van der Waals surface area contributed by atoms with E-state index in [1.807, 2.05) is 6.92 Å². The molecule has 66 valence electrons. The van der Waals surface area contributed by atoms with Gasteiger partial charge in [0.2, 0.25) is 0 Å². The molecule has 4 nitrogen and oxygen atoms in total. The summed E-state index contributed by atoms with van der Waals surface area (Å²) >= 11 is 0. The lowest BCUT2D eigenvalue weighted by molar-refractivity contribution is 0.134. The van der Waals surface area contributed by atoms with Crippen LogP contribution in [0.3, 0.4) is 0 Å². The minimum Gasteiger partial charge on any atom is -0.506 e. The lowest BCUT2D eigenvalue weighted by Crippen LogP contribution is -2.05. The highest BCUT2D eigenvalue weighted by Gasteiger charge is 2.05. The normalized spacial score (nSPS) is 12.5. The van der Waals surface area contributed by atoms with Crippen LogP contribution >= 0.6 is 0 Å². The molecule has 0 aliphatic rings. The predicted octanol–water partition coefficient (Wildman–Crippen LogP) is 1.38. The predicted molar refractivity (Wildman–Crippen MR) is 40.4 cm³/mol. The molecular formula is C7H14O4. The Labute approximate surface area is 65.4 Å². The molecule has 0 aromatic carbocycles. The molecule has 0 aromatic rings. The molecule has 4 heteroatoms. The maximum absolute atomic E-state index is 8.99. The van der Waals surface area contributed by atoms with Gasteiger partial charge in [0, 0.05) is 6.42 Å². The molecule has 0 amide bonds. The molecule has 0 fully saturated rings. The largest absolute Gasteiger partial charge is 0.506 e. The zero-order chi connectivity index (χ0) is 8.85. The van der Waals surface area contributed by atoms with Gasteiger partial charge in [0.1, 0.15) is 0 Å². The standard InChI is InChI=1S/C7H14O4/c1-2-5(8)3-4-6(9)7(10)11/h5,8-11H,2-4H2,1H3. The summed E-state index contributed by atoms with van der Waals surface area (Å²) in [6.07, 6.45) is 0.542. The molecule has 0 saturated carbocycles. The topological polar surface area (TPSA) is 80.9 Å². The fourth-order valence-corrected chi connectivity index (χ4v) is 0.619. The molecule has 1 atom stereocenters. The average Bonchev–Trinajstić information content (AvgIpc) is 1.99.